The molecule has 21 heavy (non-hydrogen) atoms. The number of hydrogen-bond donors (Lipinski definition) is 1. The van der Waals surface area contributed by atoms with Crippen molar-refractivity contribution in [3.63, 3.8) is 0 Å². The first-order chi connectivity index (χ1) is 10.3. The Balaban J connectivity index is 1.76. The van der Waals surface area contributed by atoms with Gasteiger partial charge in [0.25, 0.3) is 0 Å². The molecular formula is C18H13BrN2. The van der Waals surface area contributed by atoms with E-state index in [2.05, 4.69) is 44.1 Å². The molecule has 0 atom stereocenters. The van der Waals surface area contributed by atoms with Crippen LogP contribution >= 0.6 is 15.9 Å². The molecule has 0 aliphatic rings. The molecule has 0 unspecified atom stereocenters. The highest BCUT2D eigenvalue weighted by Crippen LogP contribution is 2.23. The molecule has 1 N–H and O–H groups in total. The van der Waals surface area contributed by atoms with E-state index in [0.29, 0.717) is 6.54 Å². The normalized spacial score (nSPS) is 9.95. The standard InChI is InChI=1S/C18H13BrN2/c19-16-12-15-9-4-10-17(18(15)21-13-16)20-11-5-8-14-6-2-1-3-7-14/h1-4,6-7,9-10,12-13,20H,11H2. The first-order valence-electron chi connectivity index (χ1n) is 6.65. The lowest BCUT2D eigenvalue weighted by molar-refractivity contribution is 1.34. The van der Waals surface area contributed by atoms with Gasteiger partial charge in [0.2, 0.25) is 0 Å². The van der Waals surface area contributed by atoms with E-state index < -0.39 is 0 Å². The van der Waals surface area contributed by atoms with Crippen LogP contribution in [0.3, 0.4) is 0 Å². The Kier molecular flexibility index (Phi) is 4.18. The topological polar surface area (TPSA) is 24.9 Å². The fraction of sp³-hybridized carbons (Fsp3) is 0.0556. The number of halogens is 1. The highest BCUT2D eigenvalue weighted by Gasteiger charge is 2.01. The summed E-state index contributed by atoms with van der Waals surface area (Å²) in [5.41, 5.74) is 2.99. The number of rotatable bonds is 2. The SMILES string of the molecule is Brc1cnc2c(NCC#Cc3ccccc3)cccc2c1. The van der Waals surface area contributed by atoms with Gasteiger partial charge in [0, 0.05) is 21.6 Å². The Labute approximate surface area is 132 Å². The minimum atomic E-state index is 0.589. The van der Waals surface area contributed by atoms with Crippen LogP contribution in [0, 0.1) is 11.8 Å². The van der Waals surface area contributed by atoms with E-state index in [0.717, 1.165) is 26.6 Å². The number of benzene rings is 2. The van der Waals surface area contributed by atoms with Gasteiger partial charge in [0.15, 0.2) is 0 Å². The second-order valence-electron chi connectivity index (χ2n) is 4.55. The summed E-state index contributed by atoms with van der Waals surface area (Å²) in [6.45, 7) is 0.589. The summed E-state index contributed by atoms with van der Waals surface area (Å²) in [4.78, 5) is 4.46. The molecule has 0 aliphatic carbocycles. The van der Waals surface area contributed by atoms with Gasteiger partial charge < -0.3 is 5.32 Å². The molecule has 2 aromatic carbocycles. The lowest BCUT2D eigenvalue weighted by atomic mass is 10.2. The highest BCUT2D eigenvalue weighted by molar-refractivity contribution is 9.10. The van der Waals surface area contributed by atoms with Gasteiger partial charge in [-0.05, 0) is 40.2 Å². The Hall–Kier alpha value is -2.31. The second-order valence-corrected chi connectivity index (χ2v) is 5.47. The van der Waals surface area contributed by atoms with Gasteiger partial charge in [-0.2, -0.15) is 0 Å². The smallest absolute Gasteiger partial charge is 0.0934 e. The van der Waals surface area contributed by atoms with Crippen molar-refractivity contribution in [2.24, 2.45) is 0 Å². The van der Waals surface area contributed by atoms with Gasteiger partial charge in [-0.25, -0.2) is 0 Å². The first kappa shape index (κ1) is 13.7. The Morgan fingerprint density at radius 2 is 1.90 bits per heavy atom. The number of fused-ring (bicyclic) bond motifs is 1. The van der Waals surface area contributed by atoms with Crippen molar-refractivity contribution >= 4 is 32.5 Å². The molecule has 2 nitrogen and oxygen atoms in total. The van der Waals surface area contributed by atoms with Gasteiger partial charge >= 0.3 is 0 Å². The minimum absolute atomic E-state index is 0.589. The van der Waals surface area contributed by atoms with E-state index >= 15 is 0 Å². The lowest BCUT2D eigenvalue weighted by Crippen LogP contribution is -2.00. The Morgan fingerprint density at radius 1 is 1.05 bits per heavy atom. The van der Waals surface area contributed by atoms with Crippen molar-refractivity contribution in [1.29, 1.82) is 0 Å². The maximum absolute atomic E-state index is 4.46. The van der Waals surface area contributed by atoms with E-state index in [-0.39, 0.29) is 0 Å². The fourth-order valence-corrected chi connectivity index (χ4v) is 2.43. The van der Waals surface area contributed by atoms with E-state index in [4.69, 9.17) is 0 Å². The second kappa shape index (κ2) is 6.43. The summed E-state index contributed by atoms with van der Waals surface area (Å²) < 4.78 is 0.982. The number of aromatic nitrogens is 1. The van der Waals surface area contributed by atoms with Crippen molar-refractivity contribution in [2.75, 3.05) is 11.9 Å². The zero-order valence-corrected chi connectivity index (χ0v) is 12.9. The van der Waals surface area contributed by atoms with Crippen molar-refractivity contribution in [2.45, 2.75) is 0 Å². The van der Waals surface area contributed by atoms with Crippen LogP contribution in [0.4, 0.5) is 5.69 Å². The van der Waals surface area contributed by atoms with Gasteiger partial charge in [0.05, 0.1) is 17.7 Å². The number of nitrogens with one attached hydrogen (secondary N) is 1. The quantitative estimate of drug-likeness (QED) is 0.699. The van der Waals surface area contributed by atoms with Crippen LogP contribution in [-0.2, 0) is 0 Å². The van der Waals surface area contributed by atoms with E-state index in [1.165, 1.54) is 0 Å². The van der Waals surface area contributed by atoms with Gasteiger partial charge in [-0.1, -0.05) is 42.2 Å². The minimum Gasteiger partial charge on any atom is -0.372 e. The van der Waals surface area contributed by atoms with Crippen LogP contribution in [0.5, 0.6) is 0 Å². The summed E-state index contributed by atoms with van der Waals surface area (Å²) in [5.74, 6) is 6.26. The van der Waals surface area contributed by atoms with Crippen molar-refractivity contribution in [3.05, 3.63) is 70.8 Å². The maximum Gasteiger partial charge on any atom is 0.0934 e. The van der Waals surface area contributed by atoms with Gasteiger partial charge in [-0.3, -0.25) is 4.98 Å². The van der Waals surface area contributed by atoms with Crippen LogP contribution in [-0.4, -0.2) is 11.5 Å². The molecule has 3 heteroatoms. The van der Waals surface area contributed by atoms with Crippen LogP contribution < -0.4 is 5.32 Å². The Morgan fingerprint density at radius 3 is 2.76 bits per heavy atom. The number of pyridine rings is 1. The number of para-hydroxylation sites is 1. The van der Waals surface area contributed by atoms with Crippen molar-refractivity contribution < 1.29 is 0 Å². The molecule has 1 heterocycles. The van der Waals surface area contributed by atoms with Crippen molar-refractivity contribution in [1.82, 2.24) is 4.98 Å². The summed E-state index contributed by atoms with van der Waals surface area (Å²) in [5, 5.41) is 4.43. The molecule has 0 bridgehead atoms. The average molecular weight is 337 g/mol. The third kappa shape index (κ3) is 3.42. The van der Waals surface area contributed by atoms with E-state index in [1.54, 1.807) is 0 Å². The third-order valence-electron chi connectivity index (χ3n) is 3.05. The van der Waals surface area contributed by atoms with Crippen LogP contribution in [0.15, 0.2) is 65.3 Å². The molecule has 3 rings (SSSR count). The van der Waals surface area contributed by atoms with E-state index in [1.807, 2.05) is 54.7 Å². The molecule has 3 aromatic rings. The third-order valence-corrected chi connectivity index (χ3v) is 3.49. The van der Waals surface area contributed by atoms with Crippen LogP contribution in [0.2, 0.25) is 0 Å². The average Bonchev–Trinajstić information content (AvgIpc) is 2.52. The first-order valence-corrected chi connectivity index (χ1v) is 7.44. The number of anilines is 1. The molecule has 0 spiro atoms. The summed E-state index contributed by atoms with van der Waals surface area (Å²) in [6.07, 6.45) is 1.81. The summed E-state index contributed by atoms with van der Waals surface area (Å²) in [6, 6.07) is 18.1. The number of hydrogen-bond acceptors (Lipinski definition) is 2. The molecular weight excluding hydrogens is 324 g/mol. The highest BCUT2D eigenvalue weighted by atomic mass is 79.9. The van der Waals surface area contributed by atoms with Gasteiger partial charge in [-0.15, -0.1) is 0 Å². The molecule has 0 saturated heterocycles. The monoisotopic (exact) mass is 336 g/mol. The molecule has 0 saturated carbocycles. The zero-order valence-electron chi connectivity index (χ0n) is 11.3. The molecule has 102 valence electrons. The predicted molar refractivity (Wildman–Crippen MR) is 91.3 cm³/mol. The summed E-state index contributed by atoms with van der Waals surface area (Å²) in [7, 11) is 0. The molecule has 0 aliphatic heterocycles. The predicted octanol–water partition coefficient (Wildman–Crippen LogP) is 4.46. The van der Waals surface area contributed by atoms with Crippen LogP contribution in [0.25, 0.3) is 10.9 Å². The van der Waals surface area contributed by atoms with Crippen molar-refractivity contribution in [3.8, 4) is 11.8 Å². The van der Waals surface area contributed by atoms with Crippen LogP contribution in [0.1, 0.15) is 5.56 Å². The largest absolute Gasteiger partial charge is 0.372 e. The molecule has 0 amide bonds. The molecule has 0 radical (unpaired) electrons. The maximum atomic E-state index is 4.46. The summed E-state index contributed by atoms with van der Waals surface area (Å²) >= 11 is 3.44. The zero-order chi connectivity index (χ0) is 14.5. The molecule has 1 aromatic heterocycles. The van der Waals surface area contributed by atoms with Gasteiger partial charge in [0.1, 0.15) is 0 Å². The molecule has 0 fully saturated rings. The lowest BCUT2D eigenvalue weighted by Gasteiger charge is -2.06. The Bertz CT molecular complexity index is 817. The fourth-order valence-electron chi connectivity index (χ4n) is 2.08. The van der Waals surface area contributed by atoms with E-state index in [9.17, 15) is 0 Å². The number of nitrogens with zero attached hydrogens (tertiary/aromatic N) is 1.